The maximum Gasteiger partial charge on any atom is 0.0470 e. The van der Waals surface area contributed by atoms with Crippen molar-refractivity contribution in [3.63, 3.8) is 0 Å². The van der Waals surface area contributed by atoms with E-state index in [1.54, 1.807) is 0 Å². The summed E-state index contributed by atoms with van der Waals surface area (Å²) in [7, 11) is 2.28. The zero-order chi connectivity index (χ0) is 14.2. The number of nitrogens with zero attached hydrogens (tertiary/aromatic N) is 2. The summed E-state index contributed by atoms with van der Waals surface area (Å²) in [5.41, 5.74) is 6.39. The highest BCUT2D eigenvalue weighted by Gasteiger charge is 2.45. The Balaban J connectivity index is 1.65. The summed E-state index contributed by atoms with van der Waals surface area (Å²) >= 11 is 1.86. The average Bonchev–Trinajstić information content (AvgIpc) is 3.01. The van der Waals surface area contributed by atoms with Crippen molar-refractivity contribution in [3.8, 4) is 0 Å². The van der Waals surface area contributed by atoms with Crippen molar-refractivity contribution in [1.82, 2.24) is 9.80 Å². The van der Waals surface area contributed by atoms with Crippen molar-refractivity contribution >= 4 is 11.3 Å². The van der Waals surface area contributed by atoms with Gasteiger partial charge in [-0.25, -0.2) is 0 Å². The molecular formula is C16H27N3S. The van der Waals surface area contributed by atoms with Crippen LogP contribution in [0.3, 0.4) is 0 Å². The summed E-state index contributed by atoms with van der Waals surface area (Å²) in [6, 6.07) is 5.81. The molecule has 3 nitrogen and oxygen atoms in total. The Morgan fingerprint density at radius 1 is 1.55 bits per heavy atom. The van der Waals surface area contributed by atoms with E-state index in [0.717, 1.165) is 19.0 Å². The van der Waals surface area contributed by atoms with Crippen LogP contribution in [0.4, 0.5) is 0 Å². The first-order valence-electron chi connectivity index (χ1n) is 7.84. The number of thiophene rings is 1. The number of likely N-dealkylation sites (tertiary alicyclic amines) is 1. The summed E-state index contributed by atoms with van der Waals surface area (Å²) in [5, 5.41) is 2.17. The van der Waals surface area contributed by atoms with Crippen LogP contribution in [0, 0.1) is 0 Å². The van der Waals surface area contributed by atoms with E-state index >= 15 is 0 Å². The highest BCUT2D eigenvalue weighted by atomic mass is 32.1. The van der Waals surface area contributed by atoms with Crippen molar-refractivity contribution in [2.45, 2.75) is 50.2 Å². The van der Waals surface area contributed by atoms with Gasteiger partial charge in [0.1, 0.15) is 0 Å². The summed E-state index contributed by atoms with van der Waals surface area (Å²) in [6.07, 6.45) is 5.16. The molecule has 2 heterocycles. The second kappa shape index (κ2) is 5.76. The third kappa shape index (κ3) is 2.80. The fraction of sp³-hybridized carbons (Fsp3) is 0.750. The molecule has 2 fully saturated rings. The maximum atomic E-state index is 6.20. The van der Waals surface area contributed by atoms with Gasteiger partial charge in [0.25, 0.3) is 0 Å². The third-order valence-corrected chi connectivity index (χ3v) is 6.19. The molecule has 2 N–H and O–H groups in total. The van der Waals surface area contributed by atoms with Gasteiger partial charge in [0, 0.05) is 42.1 Å². The fourth-order valence-corrected chi connectivity index (χ4v) is 4.39. The lowest BCUT2D eigenvalue weighted by Crippen LogP contribution is -2.57. The summed E-state index contributed by atoms with van der Waals surface area (Å²) in [4.78, 5) is 6.71. The Bertz CT molecular complexity index is 429. The highest BCUT2D eigenvalue weighted by Crippen LogP contribution is 2.36. The standard InChI is InChI=1S/C16H27N3S/c1-13(10-15-4-3-9-20-15)18(2)16(11-17)7-8-19(12-16)14-5-6-14/h3-4,9,13-14H,5-8,10-12,17H2,1-2H3. The van der Waals surface area contributed by atoms with E-state index in [4.69, 9.17) is 5.73 Å². The van der Waals surface area contributed by atoms with Gasteiger partial charge in [-0.3, -0.25) is 9.80 Å². The SMILES string of the molecule is CC(Cc1cccs1)N(C)C1(CN)CCN(C2CC2)C1. The smallest absolute Gasteiger partial charge is 0.0470 e. The van der Waals surface area contributed by atoms with E-state index < -0.39 is 0 Å². The quantitative estimate of drug-likeness (QED) is 0.872. The first-order chi connectivity index (χ1) is 9.64. The minimum absolute atomic E-state index is 0.194. The molecule has 1 aliphatic heterocycles. The molecule has 2 atom stereocenters. The molecule has 0 radical (unpaired) electrons. The van der Waals surface area contributed by atoms with Crippen LogP contribution in [0.5, 0.6) is 0 Å². The topological polar surface area (TPSA) is 32.5 Å². The van der Waals surface area contributed by atoms with E-state index in [1.165, 1.54) is 37.2 Å². The summed E-state index contributed by atoms with van der Waals surface area (Å²) in [5.74, 6) is 0. The third-order valence-electron chi connectivity index (χ3n) is 5.29. The van der Waals surface area contributed by atoms with E-state index in [9.17, 15) is 0 Å². The zero-order valence-corrected chi connectivity index (χ0v) is 13.5. The molecule has 1 aromatic rings. The van der Waals surface area contributed by atoms with E-state index in [0.29, 0.717) is 6.04 Å². The van der Waals surface area contributed by atoms with Crippen LogP contribution in [0.25, 0.3) is 0 Å². The van der Waals surface area contributed by atoms with Gasteiger partial charge in [0.15, 0.2) is 0 Å². The van der Waals surface area contributed by atoms with Crippen LogP contribution in [-0.2, 0) is 6.42 Å². The minimum atomic E-state index is 0.194. The van der Waals surface area contributed by atoms with Gasteiger partial charge in [-0.15, -0.1) is 11.3 Å². The van der Waals surface area contributed by atoms with Gasteiger partial charge in [-0.1, -0.05) is 6.07 Å². The van der Waals surface area contributed by atoms with Crippen molar-refractivity contribution in [3.05, 3.63) is 22.4 Å². The minimum Gasteiger partial charge on any atom is -0.329 e. The molecule has 0 amide bonds. The Labute approximate surface area is 126 Å². The van der Waals surface area contributed by atoms with Crippen LogP contribution >= 0.6 is 11.3 Å². The lowest BCUT2D eigenvalue weighted by atomic mass is 9.94. The van der Waals surface area contributed by atoms with Crippen LogP contribution in [0.2, 0.25) is 0 Å². The largest absolute Gasteiger partial charge is 0.329 e. The Hall–Kier alpha value is -0.420. The van der Waals surface area contributed by atoms with Gasteiger partial charge < -0.3 is 5.73 Å². The van der Waals surface area contributed by atoms with Crippen LogP contribution in [0.1, 0.15) is 31.1 Å². The Morgan fingerprint density at radius 3 is 2.95 bits per heavy atom. The Morgan fingerprint density at radius 2 is 2.35 bits per heavy atom. The molecular weight excluding hydrogens is 266 g/mol. The predicted molar refractivity (Wildman–Crippen MR) is 86.2 cm³/mol. The second-order valence-electron chi connectivity index (χ2n) is 6.62. The van der Waals surface area contributed by atoms with Crippen LogP contribution in [-0.4, -0.2) is 54.1 Å². The number of hydrogen-bond donors (Lipinski definition) is 1. The molecule has 1 saturated heterocycles. The molecule has 0 spiro atoms. The van der Waals surface area contributed by atoms with Crippen molar-refractivity contribution in [2.24, 2.45) is 5.73 Å². The molecule has 1 saturated carbocycles. The summed E-state index contributed by atoms with van der Waals surface area (Å²) in [6.45, 7) is 5.52. The molecule has 0 bridgehead atoms. The number of rotatable bonds is 6. The number of likely N-dealkylation sites (N-methyl/N-ethyl adjacent to an activating group) is 1. The van der Waals surface area contributed by atoms with E-state index in [2.05, 4.69) is 41.3 Å². The molecule has 0 aromatic carbocycles. The number of nitrogens with two attached hydrogens (primary N) is 1. The molecule has 1 aliphatic carbocycles. The molecule has 3 rings (SSSR count). The van der Waals surface area contributed by atoms with Crippen LogP contribution in [0.15, 0.2) is 17.5 Å². The summed E-state index contributed by atoms with van der Waals surface area (Å²) < 4.78 is 0. The lowest BCUT2D eigenvalue weighted by molar-refractivity contribution is 0.0887. The van der Waals surface area contributed by atoms with Gasteiger partial charge in [-0.05, 0) is 51.1 Å². The van der Waals surface area contributed by atoms with Crippen LogP contribution < -0.4 is 5.73 Å². The van der Waals surface area contributed by atoms with Gasteiger partial charge in [-0.2, -0.15) is 0 Å². The van der Waals surface area contributed by atoms with E-state index in [-0.39, 0.29) is 5.54 Å². The first kappa shape index (κ1) is 14.5. The molecule has 2 unspecified atom stereocenters. The normalized spacial score (nSPS) is 29.2. The van der Waals surface area contributed by atoms with Gasteiger partial charge in [0.2, 0.25) is 0 Å². The van der Waals surface area contributed by atoms with Crippen molar-refractivity contribution in [1.29, 1.82) is 0 Å². The highest BCUT2D eigenvalue weighted by molar-refractivity contribution is 7.09. The van der Waals surface area contributed by atoms with Gasteiger partial charge in [0.05, 0.1) is 0 Å². The van der Waals surface area contributed by atoms with E-state index in [1.807, 2.05) is 11.3 Å². The second-order valence-corrected chi connectivity index (χ2v) is 7.66. The monoisotopic (exact) mass is 293 g/mol. The lowest BCUT2D eigenvalue weighted by Gasteiger charge is -2.42. The average molecular weight is 293 g/mol. The zero-order valence-electron chi connectivity index (χ0n) is 12.7. The first-order valence-corrected chi connectivity index (χ1v) is 8.72. The van der Waals surface area contributed by atoms with Crippen molar-refractivity contribution < 1.29 is 0 Å². The Kier molecular flexibility index (Phi) is 4.18. The molecule has 4 heteroatoms. The molecule has 2 aliphatic rings. The van der Waals surface area contributed by atoms with Gasteiger partial charge >= 0.3 is 0 Å². The fourth-order valence-electron chi connectivity index (χ4n) is 3.56. The predicted octanol–water partition coefficient (Wildman–Crippen LogP) is 2.18. The molecule has 1 aromatic heterocycles. The molecule has 112 valence electrons. The van der Waals surface area contributed by atoms with Crippen molar-refractivity contribution in [2.75, 3.05) is 26.7 Å². The number of hydrogen-bond acceptors (Lipinski definition) is 4. The maximum absolute atomic E-state index is 6.20. The molecule has 20 heavy (non-hydrogen) atoms.